The van der Waals surface area contributed by atoms with Crippen LogP contribution in [0.5, 0.6) is 0 Å². The molecule has 0 bridgehead atoms. The Bertz CT molecular complexity index is 753. The first kappa shape index (κ1) is 19.1. The number of carbonyl (C=O) groups is 1. The highest BCUT2D eigenvalue weighted by molar-refractivity contribution is 7.89. The largest absolute Gasteiger partial charge is 0.355 e. The van der Waals surface area contributed by atoms with E-state index in [4.69, 9.17) is 0 Å². The van der Waals surface area contributed by atoms with Gasteiger partial charge >= 0.3 is 0 Å². The van der Waals surface area contributed by atoms with E-state index < -0.39 is 15.4 Å². The predicted molar refractivity (Wildman–Crippen MR) is 101 cm³/mol. The summed E-state index contributed by atoms with van der Waals surface area (Å²) in [7, 11) is 0.298. The minimum Gasteiger partial charge on any atom is -0.355 e. The van der Waals surface area contributed by atoms with E-state index in [1.165, 1.54) is 0 Å². The van der Waals surface area contributed by atoms with Gasteiger partial charge in [-0.3, -0.25) is 4.79 Å². The first-order chi connectivity index (χ1) is 12.3. The number of anilines is 1. The van der Waals surface area contributed by atoms with Crippen LogP contribution < -0.4 is 4.90 Å². The third-order valence-corrected chi connectivity index (χ3v) is 7.56. The molecule has 2 atom stereocenters. The number of rotatable bonds is 4. The summed E-state index contributed by atoms with van der Waals surface area (Å²) in [5.74, 6) is 0.995. The second-order valence-corrected chi connectivity index (χ2v) is 9.74. The Balaban J connectivity index is 1.96. The molecular formula is C18H28N4O3S. The fourth-order valence-corrected chi connectivity index (χ4v) is 5.52. The molecular weight excluding hydrogens is 352 g/mol. The molecule has 0 radical (unpaired) electrons. The Morgan fingerprint density at radius 1 is 1.35 bits per heavy atom. The number of nitrogens with zero attached hydrogens (tertiary/aromatic N) is 4. The van der Waals surface area contributed by atoms with Gasteiger partial charge in [0, 0.05) is 52.4 Å². The SMILES string of the molecule is CCS(=O)(=O)N1CCC[C@]2(C(=O)N(C)C)CN(c3ccccn3)C[C@@H]2C1. The Hall–Kier alpha value is -1.67. The van der Waals surface area contributed by atoms with Gasteiger partial charge in [-0.25, -0.2) is 17.7 Å². The van der Waals surface area contributed by atoms with E-state index in [9.17, 15) is 13.2 Å². The Morgan fingerprint density at radius 2 is 2.12 bits per heavy atom. The molecule has 1 amide bonds. The van der Waals surface area contributed by atoms with Crippen LogP contribution in [0.15, 0.2) is 24.4 Å². The number of pyridine rings is 1. The quantitative estimate of drug-likeness (QED) is 0.780. The van der Waals surface area contributed by atoms with Crippen LogP contribution in [-0.4, -0.2) is 74.5 Å². The van der Waals surface area contributed by atoms with Gasteiger partial charge in [-0.2, -0.15) is 0 Å². The van der Waals surface area contributed by atoms with Crippen molar-refractivity contribution in [3.63, 3.8) is 0 Å². The zero-order chi connectivity index (χ0) is 18.9. The van der Waals surface area contributed by atoms with Crippen molar-refractivity contribution in [2.45, 2.75) is 19.8 Å². The van der Waals surface area contributed by atoms with E-state index >= 15 is 0 Å². The summed E-state index contributed by atoms with van der Waals surface area (Å²) in [5.41, 5.74) is -0.557. The summed E-state index contributed by atoms with van der Waals surface area (Å²) in [6.07, 6.45) is 3.15. The first-order valence-electron chi connectivity index (χ1n) is 9.16. The summed E-state index contributed by atoms with van der Waals surface area (Å²) in [5, 5.41) is 0. The van der Waals surface area contributed by atoms with Crippen molar-refractivity contribution < 1.29 is 13.2 Å². The molecule has 2 aliphatic rings. The standard InChI is InChI=1S/C18H28N4O3S/c1-4-26(24,25)22-11-7-9-18(17(23)20(2)3)14-21(12-15(18)13-22)16-8-5-6-10-19-16/h5-6,8,10,15H,4,7,9,11-14H2,1-3H3/t15-,18+/m1/s1. The van der Waals surface area contributed by atoms with Crippen molar-refractivity contribution in [3.8, 4) is 0 Å². The molecule has 26 heavy (non-hydrogen) atoms. The highest BCUT2D eigenvalue weighted by Crippen LogP contribution is 2.45. The molecule has 2 aliphatic heterocycles. The van der Waals surface area contributed by atoms with E-state index in [1.807, 2.05) is 18.2 Å². The molecule has 0 aliphatic carbocycles. The van der Waals surface area contributed by atoms with Gasteiger partial charge in [0.15, 0.2) is 0 Å². The Kier molecular flexibility index (Phi) is 5.25. The molecule has 2 fully saturated rings. The molecule has 3 heterocycles. The minimum absolute atomic E-state index is 0.0387. The molecule has 2 saturated heterocycles. The van der Waals surface area contributed by atoms with E-state index in [1.54, 1.807) is 36.4 Å². The van der Waals surface area contributed by atoms with Gasteiger partial charge < -0.3 is 9.80 Å². The zero-order valence-electron chi connectivity index (χ0n) is 15.8. The van der Waals surface area contributed by atoms with Gasteiger partial charge in [0.25, 0.3) is 0 Å². The normalized spacial score (nSPS) is 27.0. The minimum atomic E-state index is -3.26. The molecule has 0 saturated carbocycles. The van der Waals surface area contributed by atoms with Crippen molar-refractivity contribution in [2.75, 3.05) is 50.9 Å². The Morgan fingerprint density at radius 3 is 2.73 bits per heavy atom. The average molecular weight is 381 g/mol. The summed E-state index contributed by atoms with van der Waals surface area (Å²) in [6.45, 7) is 3.81. The number of hydrogen-bond acceptors (Lipinski definition) is 5. The Labute approximate surface area is 156 Å². The summed E-state index contributed by atoms with van der Waals surface area (Å²) < 4.78 is 26.5. The number of sulfonamides is 1. The fourth-order valence-electron chi connectivity index (χ4n) is 4.34. The highest BCUT2D eigenvalue weighted by Gasteiger charge is 2.54. The molecule has 1 aromatic rings. The van der Waals surface area contributed by atoms with Gasteiger partial charge in [-0.1, -0.05) is 6.07 Å². The molecule has 3 rings (SSSR count). The molecule has 0 spiro atoms. The fraction of sp³-hybridized carbons (Fsp3) is 0.667. The average Bonchev–Trinajstić information content (AvgIpc) is 2.90. The van der Waals surface area contributed by atoms with Gasteiger partial charge in [-0.05, 0) is 31.9 Å². The molecule has 0 aromatic carbocycles. The van der Waals surface area contributed by atoms with Crippen molar-refractivity contribution >= 4 is 21.7 Å². The van der Waals surface area contributed by atoms with Gasteiger partial charge in [0.2, 0.25) is 15.9 Å². The van der Waals surface area contributed by atoms with Crippen LogP contribution in [0.3, 0.4) is 0 Å². The van der Waals surface area contributed by atoms with Crippen LogP contribution in [0, 0.1) is 11.3 Å². The zero-order valence-corrected chi connectivity index (χ0v) is 16.6. The third-order valence-electron chi connectivity index (χ3n) is 5.71. The molecule has 8 heteroatoms. The third kappa shape index (κ3) is 3.32. The van der Waals surface area contributed by atoms with Crippen molar-refractivity contribution in [3.05, 3.63) is 24.4 Å². The van der Waals surface area contributed by atoms with Gasteiger partial charge in [0.05, 0.1) is 11.2 Å². The maximum atomic E-state index is 13.2. The van der Waals surface area contributed by atoms with Crippen molar-refractivity contribution in [2.24, 2.45) is 11.3 Å². The van der Waals surface area contributed by atoms with Crippen LogP contribution >= 0.6 is 0 Å². The number of hydrogen-bond donors (Lipinski definition) is 0. The van der Waals surface area contributed by atoms with Crippen molar-refractivity contribution in [1.29, 1.82) is 0 Å². The predicted octanol–water partition coefficient (Wildman–Crippen LogP) is 1.04. The maximum absolute atomic E-state index is 13.2. The molecule has 7 nitrogen and oxygen atoms in total. The number of fused-ring (bicyclic) bond motifs is 1. The van der Waals surface area contributed by atoms with Crippen LogP contribution in [0.25, 0.3) is 0 Å². The molecule has 0 unspecified atom stereocenters. The summed E-state index contributed by atoms with van der Waals surface area (Å²) in [4.78, 5) is 21.4. The number of amides is 1. The van der Waals surface area contributed by atoms with Crippen molar-refractivity contribution in [1.82, 2.24) is 14.2 Å². The van der Waals surface area contributed by atoms with Gasteiger partial charge in [0.1, 0.15) is 5.82 Å². The molecule has 144 valence electrons. The molecule has 0 N–H and O–H groups in total. The second-order valence-electron chi connectivity index (χ2n) is 7.48. The van der Waals surface area contributed by atoms with Crippen LogP contribution in [0.2, 0.25) is 0 Å². The summed E-state index contributed by atoms with van der Waals surface area (Å²) >= 11 is 0. The maximum Gasteiger partial charge on any atom is 0.230 e. The lowest BCUT2D eigenvalue weighted by Gasteiger charge is -2.34. The van der Waals surface area contributed by atoms with E-state index in [-0.39, 0.29) is 17.6 Å². The second kappa shape index (κ2) is 7.15. The number of carbonyl (C=O) groups excluding carboxylic acids is 1. The lowest BCUT2D eigenvalue weighted by atomic mass is 9.74. The first-order valence-corrected chi connectivity index (χ1v) is 10.8. The van der Waals surface area contributed by atoms with Crippen LogP contribution in [0.1, 0.15) is 19.8 Å². The lowest BCUT2D eigenvalue weighted by molar-refractivity contribution is -0.141. The number of aromatic nitrogens is 1. The topological polar surface area (TPSA) is 73.8 Å². The summed E-state index contributed by atoms with van der Waals surface area (Å²) in [6, 6.07) is 5.75. The van der Waals surface area contributed by atoms with Gasteiger partial charge in [-0.15, -0.1) is 0 Å². The smallest absolute Gasteiger partial charge is 0.230 e. The van der Waals surface area contributed by atoms with E-state index in [0.717, 1.165) is 5.82 Å². The van der Waals surface area contributed by atoms with E-state index in [2.05, 4.69) is 9.88 Å². The van der Waals surface area contributed by atoms with Crippen LogP contribution in [0.4, 0.5) is 5.82 Å². The lowest BCUT2D eigenvalue weighted by Crippen LogP contribution is -2.47. The monoisotopic (exact) mass is 380 g/mol. The van der Waals surface area contributed by atoms with Crippen LogP contribution in [-0.2, 0) is 14.8 Å². The highest BCUT2D eigenvalue weighted by atomic mass is 32.2. The molecule has 1 aromatic heterocycles. The van der Waals surface area contributed by atoms with E-state index in [0.29, 0.717) is 39.0 Å².